The Labute approximate surface area is 131 Å². The van der Waals surface area contributed by atoms with Crippen LogP contribution in [0.25, 0.3) is 10.9 Å². The molecule has 3 aromatic rings. The fourth-order valence-electron chi connectivity index (χ4n) is 3.07. The van der Waals surface area contributed by atoms with Gasteiger partial charge < -0.3 is 10.2 Å². The van der Waals surface area contributed by atoms with Crippen molar-refractivity contribution < 1.29 is 5.21 Å². The van der Waals surface area contributed by atoms with E-state index in [0.717, 1.165) is 16.6 Å². The lowest BCUT2D eigenvalue weighted by Gasteiger charge is -2.29. The van der Waals surface area contributed by atoms with Gasteiger partial charge in [0.15, 0.2) is 0 Å². The van der Waals surface area contributed by atoms with Crippen LogP contribution in [-0.4, -0.2) is 15.3 Å². The third kappa shape index (κ3) is 2.91. The maximum Gasteiger partial charge on any atom is 0.0647 e. The fraction of sp³-hybridized carbons (Fsp3) is 0.263. The third-order valence-electron chi connectivity index (χ3n) is 4.08. The molecule has 2 N–H and O–H groups in total. The Morgan fingerprint density at radius 3 is 2.41 bits per heavy atom. The summed E-state index contributed by atoms with van der Waals surface area (Å²) in [6.07, 6.45) is 2.02. The summed E-state index contributed by atoms with van der Waals surface area (Å²) in [5.41, 5.74) is 3.36. The second kappa shape index (κ2) is 6.34. The second-order valence-electron chi connectivity index (χ2n) is 6.06. The summed E-state index contributed by atoms with van der Waals surface area (Å²) in [6.45, 7) is 4.80. The first-order valence-corrected chi connectivity index (χ1v) is 7.72. The average Bonchev–Trinajstić information content (AvgIpc) is 2.92. The van der Waals surface area contributed by atoms with E-state index in [9.17, 15) is 5.21 Å². The predicted molar refractivity (Wildman–Crippen MR) is 89.6 cm³/mol. The standard InChI is InChI=1S/C19H22N2O/c1-14(2)19(21(22)13-15-8-4-3-5-9-15)17-12-20-18-11-7-6-10-16(17)18/h3-12,14,19-20,22H,13H2,1-2H3. The van der Waals surface area contributed by atoms with Crippen molar-refractivity contribution in [1.82, 2.24) is 10.0 Å². The van der Waals surface area contributed by atoms with Crippen molar-refractivity contribution in [3.63, 3.8) is 0 Å². The molecule has 0 aliphatic carbocycles. The number of rotatable bonds is 5. The van der Waals surface area contributed by atoms with Crippen molar-refractivity contribution in [2.24, 2.45) is 5.92 Å². The number of para-hydroxylation sites is 1. The number of hydrogen-bond donors (Lipinski definition) is 2. The molecule has 3 heteroatoms. The SMILES string of the molecule is CC(C)C(c1c[nH]c2ccccc12)N(O)Cc1ccccc1. The molecule has 0 saturated heterocycles. The number of hydrogen-bond acceptors (Lipinski definition) is 2. The van der Waals surface area contributed by atoms with Gasteiger partial charge in [-0.3, -0.25) is 0 Å². The van der Waals surface area contributed by atoms with Gasteiger partial charge in [-0.1, -0.05) is 62.4 Å². The van der Waals surface area contributed by atoms with Crippen LogP contribution in [-0.2, 0) is 6.54 Å². The first-order chi connectivity index (χ1) is 10.7. The molecule has 0 aliphatic rings. The molecule has 3 nitrogen and oxygen atoms in total. The zero-order valence-electron chi connectivity index (χ0n) is 13.0. The van der Waals surface area contributed by atoms with Crippen LogP contribution < -0.4 is 0 Å². The predicted octanol–water partition coefficient (Wildman–Crippen LogP) is 4.76. The van der Waals surface area contributed by atoms with Gasteiger partial charge in [0.1, 0.15) is 0 Å². The van der Waals surface area contributed by atoms with E-state index in [1.807, 2.05) is 48.7 Å². The number of aromatic amines is 1. The third-order valence-corrected chi connectivity index (χ3v) is 4.08. The number of benzene rings is 2. The number of fused-ring (bicyclic) bond motifs is 1. The molecule has 2 aromatic carbocycles. The molecule has 1 aromatic heterocycles. The number of nitrogens with zero attached hydrogens (tertiary/aromatic N) is 1. The molecular weight excluding hydrogens is 272 g/mol. The highest BCUT2D eigenvalue weighted by atomic mass is 16.5. The summed E-state index contributed by atoms with van der Waals surface area (Å²) < 4.78 is 0. The summed E-state index contributed by atoms with van der Waals surface area (Å²) in [5, 5.41) is 13.3. The molecule has 0 fully saturated rings. The highest BCUT2D eigenvalue weighted by Gasteiger charge is 2.25. The average molecular weight is 294 g/mol. The minimum Gasteiger partial charge on any atom is -0.361 e. The molecule has 0 bridgehead atoms. The second-order valence-corrected chi connectivity index (χ2v) is 6.06. The lowest BCUT2D eigenvalue weighted by molar-refractivity contribution is -0.148. The molecule has 1 heterocycles. The van der Waals surface area contributed by atoms with Crippen LogP contribution in [0.2, 0.25) is 0 Å². The lowest BCUT2D eigenvalue weighted by Crippen LogP contribution is -2.28. The van der Waals surface area contributed by atoms with E-state index in [2.05, 4.69) is 31.0 Å². The molecule has 0 saturated carbocycles. The van der Waals surface area contributed by atoms with Gasteiger partial charge in [-0.25, -0.2) is 0 Å². The van der Waals surface area contributed by atoms with Crippen LogP contribution in [0.15, 0.2) is 60.8 Å². The molecule has 0 aliphatic heterocycles. The molecule has 3 rings (SSSR count). The van der Waals surface area contributed by atoms with Gasteiger partial charge in [0.2, 0.25) is 0 Å². The lowest BCUT2D eigenvalue weighted by atomic mass is 9.95. The topological polar surface area (TPSA) is 39.3 Å². The van der Waals surface area contributed by atoms with Crippen molar-refractivity contribution in [1.29, 1.82) is 0 Å². The smallest absolute Gasteiger partial charge is 0.0647 e. The molecule has 0 amide bonds. The zero-order chi connectivity index (χ0) is 15.5. The largest absolute Gasteiger partial charge is 0.361 e. The summed E-state index contributed by atoms with van der Waals surface area (Å²) in [4.78, 5) is 3.30. The maximum atomic E-state index is 10.7. The Bertz CT molecular complexity index is 733. The van der Waals surface area contributed by atoms with Crippen molar-refractivity contribution in [3.05, 3.63) is 71.9 Å². The van der Waals surface area contributed by atoms with Gasteiger partial charge in [-0.05, 0) is 23.1 Å². The summed E-state index contributed by atoms with van der Waals surface area (Å²) in [7, 11) is 0. The number of H-pyrrole nitrogens is 1. The van der Waals surface area contributed by atoms with Gasteiger partial charge in [0, 0.05) is 23.6 Å². The monoisotopic (exact) mass is 294 g/mol. The van der Waals surface area contributed by atoms with Gasteiger partial charge in [0.05, 0.1) is 6.04 Å². The summed E-state index contributed by atoms with van der Waals surface area (Å²) in [6, 6.07) is 18.2. The minimum atomic E-state index is -0.0450. The Hall–Kier alpha value is -2.10. The highest BCUT2D eigenvalue weighted by Crippen LogP contribution is 2.33. The first-order valence-electron chi connectivity index (χ1n) is 7.72. The van der Waals surface area contributed by atoms with Crippen LogP contribution in [0.4, 0.5) is 0 Å². The van der Waals surface area contributed by atoms with Crippen molar-refractivity contribution in [2.45, 2.75) is 26.4 Å². The molecule has 0 spiro atoms. The van der Waals surface area contributed by atoms with Crippen molar-refractivity contribution in [2.75, 3.05) is 0 Å². The van der Waals surface area contributed by atoms with Gasteiger partial charge in [0.25, 0.3) is 0 Å². The van der Waals surface area contributed by atoms with Crippen LogP contribution in [0.3, 0.4) is 0 Å². The van der Waals surface area contributed by atoms with Crippen LogP contribution in [0.1, 0.15) is 31.0 Å². The summed E-state index contributed by atoms with van der Waals surface area (Å²) in [5.74, 6) is 0.299. The minimum absolute atomic E-state index is 0.0450. The Kier molecular flexibility index (Phi) is 4.27. The molecule has 114 valence electrons. The van der Waals surface area contributed by atoms with Crippen molar-refractivity contribution >= 4 is 10.9 Å². The molecular formula is C19H22N2O. The first kappa shape index (κ1) is 14.8. The number of nitrogens with one attached hydrogen (secondary N) is 1. The van der Waals surface area contributed by atoms with Gasteiger partial charge in [-0.15, -0.1) is 0 Å². The van der Waals surface area contributed by atoms with E-state index in [4.69, 9.17) is 0 Å². The van der Waals surface area contributed by atoms with E-state index in [0.29, 0.717) is 12.5 Å². The van der Waals surface area contributed by atoms with E-state index < -0.39 is 0 Å². The van der Waals surface area contributed by atoms with Crippen LogP contribution in [0.5, 0.6) is 0 Å². The molecule has 1 unspecified atom stereocenters. The maximum absolute atomic E-state index is 10.7. The van der Waals surface area contributed by atoms with Crippen LogP contribution >= 0.6 is 0 Å². The van der Waals surface area contributed by atoms with E-state index in [1.54, 1.807) is 0 Å². The van der Waals surface area contributed by atoms with E-state index in [-0.39, 0.29) is 6.04 Å². The number of hydroxylamine groups is 2. The Morgan fingerprint density at radius 1 is 1.00 bits per heavy atom. The molecule has 22 heavy (non-hydrogen) atoms. The van der Waals surface area contributed by atoms with E-state index in [1.165, 1.54) is 10.4 Å². The molecule has 0 radical (unpaired) electrons. The van der Waals surface area contributed by atoms with Crippen LogP contribution in [0, 0.1) is 5.92 Å². The Balaban J connectivity index is 1.92. The van der Waals surface area contributed by atoms with Gasteiger partial charge >= 0.3 is 0 Å². The van der Waals surface area contributed by atoms with Gasteiger partial charge in [-0.2, -0.15) is 5.06 Å². The van der Waals surface area contributed by atoms with Crippen molar-refractivity contribution in [3.8, 4) is 0 Å². The molecule has 1 atom stereocenters. The van der Waals surface area contributed by atoms with E-state index >= 15 is 0 Å². The fourth-order valence-corrected chi connectivity index (χ4v) is 3.07. The normalized spacial score (nSPS) is 13.1. The number of aromatic nitrogens is 1. The summed E-state index contributed by atoms with van der Waals surface area (Å²) >= 11 is 0. The Morgan fingerprint density at radius 2 is 1.68 bits per heavy atom. The quantitative estimate of drug-likeness (QED) is 0.666. The zero-order valence-corrected chi connectivity index (χ0v) is 13.0. The highest BCUT2D eigenvalue weighted by molar-refractivity contribution is 5.83.